The SMILES string of the molecule is Cc1ccccc1N=[N+]([O-])c1c(C)cccc1C(=O)c1ccccc1. The van der Waals surface area contributed by atoms with E-state index in [9.17, 15) is 10.0 Å². The van der Waals surface area contributed by atoms with E-state index in [1.54, 1.807) is 55.5 Å². The van der Waals surface area contributed by atoms with E-state index in [0.717, 1.165) is 5.56 Å². The number of carbonyl (C=O) groups excluding carboxylic acids is 1. The van der Waals surface area contributed by atoms with Gasteiger partial charge in [0.15, 0.2) is 5.78 Å². The van der Waals surface area contributed by atoms with Crippen molar-refractivity contribution in [2.24, 2.45) is 5.11 Å². The molecule has 4 heteroatoms. The van der Waals surface area contributed by atoms with Crippen LogP contribution >= 0.6 is 0 Å². The van der Waals surface area contributed by atoms with Gasteiger partial charge in [0.05, 0.1) is 5.56 Å². The lowest BCUT2D eigenvalue weighted by Crippen LogP contribution is -2.07. The molecule has 0 heterocycles. The van der Waals surface area contributed by atoms with Crippen molar-refractivity contribution in [3.8, 4) is 0 Å². The summed E-state index contributed by atoms with van der Waals surface area (Å²) in [5.74, 6) is -0.194. The van der Waals surface area contributed by atoms with E-state index in [-0.39, 0.29) is 11.5 Å². The summed E-state index contributed by atoms with van der Waals surface area (Å²) in [6, 6.07) is 21.5. The van der Waals surface area contributed by atoms with Crippen LogP contribution in [-0.4, -0.2) is 10.6 Å². The molecule has 0 atom stereocenters. The summed E-state index contributed by atoms with van der Waals surface area (Å²) in [5.41, 5.74) is 3.35. The van der Waals surface area contributed by atoms with Crippen LogP contribution in [0, 0.1) is 19.1 Å². The molecule has 0 radical (unpaired) electrons. The van der Waals surface area contributed by atoms with Crippen LogP contribution in [-0.2, 0) is 0 Å². The van der Waals surface area contributed by atoms with Gasteiger partial charge in [-0.15, -0.1) is 0 Å². The molecule has 0 bridgehead atoms. The summed E-state index contributed by atoms with van der Waals surface area (Å²) in [4.78, 5) is 13.4. The van der Waals surface area contributed by atoms with E-state index in [4.69, 9.17) is 0 Å². The summed E-state index contributed by atoms with van der Waals surface area (Å²) in [7, 11) is 0. The average Bonchev–Trinajstić information content (AvgIpc) is 2.63. The number of para-hydroxylation sites is 1. The highest BCUT2D eigenvalue weighted by Gasteiger charge is 2.22. The van der Waals surface area contributed by atoms with Gasteiger partial charge in [-0.1, -0.05) is 60.7 Å². The van der Waals surface area contributed by atoms with Crippen molar-refractivity contribution in [3.63, 3.8) is 0 Å². The van der Waals surface area contributed by atoms with Crippen molar-refractivity contribution in [1.29, 1.82) is 0 Å². The second-order valence-electron chi connectivity index (χ2n) is 5.83. The first-order chi connectivity index (χ1) is 12.1. The summed E-state index contributed by atoms with van der Waals surface area (Å²) >= 11 is 0. The Morgan fingerprint density at radius 2 is 1.48 bits per heavy atom. The van der Waals surface area contributed by atoms with E-state index < -0.39 is 0 Å². The molecule has 3 aromatic carbocycles. The van der Waals surface area contributed by atoms with Crippen LogP contribution in [0.2, 0.25) is 0 Å². The summed E-state index contributed by atoms with van der Waals surface area (Å²) in [6.45, 7) is 3.69. The van der Waals surface area contributed by atoms with Crippen molar-refractivity contribution in [1.82, 2.24) is 0 Å². The van der Waals surface area contributed by atoms with Crippen molar-refractivity contribution in [3.05, 3.63) is 100 Å². The second-order valence-corrected chi connectivity index (χ2v) is 5.83. The van der Waals surface area contributed by atoms with Gasteiger partial charge in [-0.25, -0.2) is 0 Å². The van der Waals surface area contributed by atoms with Crippen molar-refractivity contribution in [2.45, 2.75) is 13.8 Å². The first kappa shape index (κ1) is 16.6. The molecule has 0 amide bonds. The van der Waals surface area contributed by atoms with Crippen molar-refractivity contribution < 1.29 is 9.66 Å². The predicted molar refractivity (Wildman–Crippen MR) is 97.6 cm³/mol. The largest absolute Gasteiger partial charge is 0.594 e. The number of aryl methyl sites for hydroxylation is 2. The highest BCUT2D eigenvalue weighted by molar-refractivity contribution is 6.11. The third-order valence-electron chi connectivity index (χ3n) is 4.02. The number of hydrogen-bond donors (Lipinski definition) is 0. The van der Waals surface area contributed by atoms with Crippen LogP contribution in [0.3, 0.4) is 0 Å². The fraction of sp³-hybridized carbons (Fsp3) is 0.0952. The van der Waals surface area contributed by atoms with E-state index in [0.29, 0.717) is 27.2 Å². The highest BCUT2D eigenvalue weighted by Crippen LogP contribution is 2.28. The number of ketones is 1. The lowest BCUT2D eigenvalue weighted by Gasteiger charge is -2.09. The van der Waals surface area contributed by atoms with Crippen LogP contribution in [0.15, 0.2) is 77.9 Å². The van der Waals surface area contributed by atoms with Crippen LogP contribution in [0.25, 0.3) is 0 Å². The molecule has 0 spiro atoms. The van der Waals surface area contributed by atoms with E-state index >= 15 is 0 Å². The monoisotopic (exact) mass is 330 g/mol. The zero-order chi connectivity index (χ0) is 17.8. The summed E-state index contributed by atoms with van der Waals surface area (Å²) < 4.78 is 0. The summed E-state index contributed by atoms with van der Waals surface area (Å²) in [5, 5.41) is 16.9. The minimum Gasteiger partial charge on any atom is -0.594 e. The Hall–Kier alpha value is -3.27. The number of azo groups is 1. The van der Waals surface area contributed by atoms with Gasteiger partial charge >= 0.3 is 0 Å². The maximum atomic E-state index is 12.8. The van der Waals surface area contributed by atoms with E-state index in [1.807, 2.05) is 31.2 Å². The molecule has 0 aliphatic carbocycles. The van der Waals surface area contributed by atoms with Gasteiger partial charge in [0, 0.05) is 16.2 Å². The number of benzene rings is 3. The Morgan fingerprint density at radius 3 is 2.20 bits per heavy atom. The number of carbonyl (C=O) groups is 1. The molecular formula is C21H18N2O2. The predicted octanol–water partition coefficient (Wildman–Crippen LogP) is 5.46. The Morgan fingerprint density at radius 1 is 0.840 bits per heavy atom. The van der Waals surface area contributed by atoms with Crippen LogP contribution in [0.5, 0.6) is 0 Å². The molecule has 3 aromatic rings. The number of nitrogens with zero attached hydrogens (tertiary/aromatic N) is 2. The first-order valence-corrected chi connectivity index (χ1v) is 8.02. The Kier molecular flexibility index (Phi) is 4.70. The van der Waals surface area contributed by atoms with Gasteiger partial charge in [0.2, 0.25) is 0 Å². The van der Waals surface area contributed by atoms with Crippen molar-refractivity contribution in [2.75, 3.05) is 0 Å². The third kappa shape index (κ3) is 3.48. The van der Waals surface area contributed by atoms with Crippen molar-refractivity contribution >= 4 is 17.2 Å². The van der Waals surface area contributed by atoms with Crippen LogP contribution in [0.1, 0.15) is 27.0 Å². The van der Waals surface area contributed by atoms with Gasteiger partial charge < -0.3 is 5.21 Å². The molecule has 3 rings (SSSR count). The van der Waals surface area contributed by atoms with Gasteiger partial charge in [-0.05, 0) is 36.4 Å². The molecule has 0 fully saturated rings. The fourth-order valence-corrected chi connectivity index (χ4v) is 2.66. The topological polar surface area (TPSA) is 55.5 Å². The molecule has 0 aromatic heterocycles. The van der Waals surface area contributed by atoms with E-state index in [1.165, 1.54) is 0 Å². The number of rotatable bonds is 4. The van der Waals surface area contributed by atoms with Crippen LogP contribution in [0.4, 0.5) is 11.4 Å². The molecule has 0 aliphatic heterocycles. The van der Waals surface area contributed by atoms with Gasteiger partial charge in [0.25, 0.3) is 5.69 Å². The minimum absolute atomic E-state index is 0.194. The Bertz CT molecular complexity index is 947. The van der Waals surface area contributed by atoms with E-state index in [2.05, 4.69) is 5.11 Å². The Balaban J connectivity index is 2.11. The zero-order valence-corrected chi connectivity index (χ0v) is 14.1. The normalized spacial score (nSPS) is 11.4. The van der Waals surface area contributed by atoms with Gasteiger partial charge in [-0.2, -0.15) is 0 Å². The maximum absolute atomic E-state index is 12.8. The lowest BCUT2D eigenvalue weighted by atomic mass is 9.99. The standard InChI is InChI=1S/C21H18N2O2/c1-15-9-6-7-14-19(15)22-23(25)20-16(2)10-8-13-18(20)21(24)17-11-4-3-5-12-17/h3-14H,1-2H3. The quantitative estimate of drug-likeness (QED) is 0.276. The molecule has 0 unspecified atom stereocenters. The molecular weight excluding hydrogens is 312 g/mol. The Labute approximate surface area is 146 Å². The maximum Gasteiger partial charge on any atom is 0.258 e. The molecule has 0 N–H and O–H groups in total. The third-order valence-corrected chi connectivity index (χ3v) is 4.02. The minimum atomic E-state index is -0.194. The number of hydrogen-bond acceptors (Lipinski definition) is 3. The first-order valence-electron chi connectivity index (χ1n) is 8.02. The average molecular weight is 330 g/mol. The molecule has 124 valence electrons. The van der Waals surface area contributed by atoms with Gasteiger partial charge in [0.1, 0.15) is 5.69 Å². The fourth-order valence-electron chi connectivity index (χ4n) is 2.66. The zero-order valence-electron chi connectivity index (χ0n) is 14.1. The molecule has 25 heavy (non-hydrogen) atoms. The van der Waals surface area contributed by atoms with Gasteiger partial charge in [-0.3, -0.25) is 4.79 Å². The molecule has 0 aliphatic rings. The molecule has 0 saturated carbocycles. The summed E-state index contributed by atoms with van der Waals surface area (Å²) in [6.07, 6.45) is 0. The molecule has 4 nitrogen and oxygen atoms in total. The highest BCUT2D eigenvalue weighted by atomic mass is 16.5. The second kappa shape index (κ2) is 7.09. The smallest absolute Gasteiger partial charge is 0.258 e. The van der Waals surface area contributed by atoms with Crippen LogP contribution < -0.4 is 0 Å². The lowest BCUT2D eigenvalue weighted by molar-refractivity contribution is -0.436. The molecule has 0 saturated heterocycles.